The quantitative estimate of drug-likeness (QED) is 0.502. The van der Waals surface area contributed by atoms with E-state index < -0.39 is 0 Å². The molecule has 0 aliphatic heterocycles. The van der Waals surface area contributed by atoms with E-state index in [-0.39, 0.29) is 0 Å². The van der Waals surface area contributed by atoms with Crippen molar-refractivity contribution < 1.29 is 0 Å². The van der Waals surface area contributed by atoms with Crippen LogP contribution in [0.4, 0.5) is 0 Å². The molecule has 1 rings (SSSR count). The Morgan fingerprint density at radius 3 is 3.00 bits per heavy atom. The molecule has 13 heavy (non-hydrogen) atoms. The highest BCUT2D eigenvalue weighted by Crippen LogP contribution is 1.97. The maximum atomic E-state index is 5.18. The van der Waals surface area contributed by atoms with Gasteiger partial charge in [0.05, 0.1) is 6.34 Å². The Balaban J connectivity index is 3.09. The lowest BCUT2D eigenvalue weighted by atomic mass is 10.5. The Morgan fingerprint density at radius 1 is 1.77 bits per heavy atom. The van der Waals surface area contributed by atoms with Gasteiger partial charge in [0.2, 0.25) is 5.96 Å². The third-order valence-corrected chi connectivity index (χ3v) is 1.44. The summed E-state index contributed by atoms with van der Waals surface area (Å²) in [4.78, 5) is 11.8. The minimum atomic E-state index is 0.451. The topological polar surface area (TPSA) is 68.6 Å². The Labute approximate surface area is 76.3 Å². The Hall–Kier alpha value is -1.91. The van der Waals surface area contributed by atoms with Crippen LogP contribution in [0.2, 0.25) is 0 Å². The summed E-state index contributed by atoms with van der Waals surface area (Å²) in [5, 5.41) is 0. The van der Waals surface area contributed by atoms with Gasteiger partial charge in [-0.25, -0.2) is 15.0 Å². The molecule has 5 nitrogen and oxygen atoms in total. The highest BCUT2D eigenvalue weighted by atomic mass is 15.2. The third kappa shape index (κ3) is 2.02. The van der Waals surface area contributed by atoms with E-state index in [1.54, 1.807) is 17.1 Å². The van der Waals surface area contributed by atoms with Gasteiger partial charge in [0.1, 0.15) is 6.33 Å². The van der Waals surface area contributed by atoms with Gasteiger partial charge in [0.25, 0.3) is 0 Å². The first-order valence-corrected chi connectivity index (χ1v) is 3.72. The number of hydrogen-bond donors (Lipinski definition) is 1. The number of aliphatic imine (C=N–C) groups is 2. The van der Waals surface area contributed by atoms with Crippen molar-refractivity contribution in [3.63, 3.8) is 0 Å². The molecule has 2 N–H and O–H groups in total. The SMILES string of the molecule is C=CN=C(N=CN)n1cncc1C. The van der Waals surface area contributed by atoms with Crippen molar-refractivity contribution in [1.82, 2.24) is 9.55 Å². The zero-order chi connectivity index (χ0) is 9.68. The fourth-order valence-corrected chi connectivity index (χ4v) is 0.877. The van der Waals surface area contributed by atoms with Gasteiger partial charge in [-0.15, -0.1) is 0 Å². The molecule has 0 saturated carbocycles. The molecule has 0 aliphatic rings. The second-order valence-corrected chi connectivity index (χ2v) is 2.29. The predicted octanol–water partition coefficient (Wildman–Crippen LogP) is 0.526. The molecule has 0 unspecified atom stereocenters. The number of imidazole rings is 1. The highest BCUT2D eigenvalue weighted by molar-refractivity contribution is 5.89. The van der Waals surface area contributed by atoms with Crippen LogP contribution in [0.3, 0.4) is 0 Å². The van der Waals surface area contributed by atoms with E-state index in [1.807, 2.05) is 6.92 Å². The molecule has 1 heterocycles. The van der Waals surface area contributed by atoms with Crippen molar-refractivity contribution in [2.45, 2.75) is 6.92 Å². The zero-order valence-electron chi connectivity index (χ0n) is 7.38. The molecule has 0 radical (unpaired) electrons. The van der Waals surface area contributed by atoms with Gasteiger partial charge < -0.3 is 5.73 Å². The van der Waals surface area contributed by atoms with E-state index in [4.69, 9.17) is 5.73 Å². The van der Waals surface area contributed by atoms with Gasteiger partial charge in [-0.1, -0.05) is 6.58 Å². The summed E-state index contributed by atoms with van der Waals surface area (Å²) < 4.78 is 1.71. The second kappa shape index (κ2) is 4.20. The van der Waals surface area contributed by atoms with Crippen molar-refractivity contribution in [2.24, 2.45) is 15.7 Å². The molecule has 0 fully saturated rings. The van der Waals surface area contributed by atoms with E-state index >= 15 is 0 Å². The first-order chi connectivity index (χ1) is 6.29. The number of aryl methyl sites for hydroxylation is 1. The summed E-state index contributed by atoms with van der Waals surface area (Å²) in [7, 11) is 0. The second-order valence-electron chi connectivity index (χ2n) is 2.29. The summed E-state index contributed by atoms with van der Waals surface area (Å²) in [5.74, 6) is 0.451. The van der Waals surface area contributed by atoms with Crippen molar-refractivity contribution >= 4 is 12.3 Å². The van der Waals surface area contributed by atoms with Crippen molar-refractivity contribution in [3.05, 3.63) is 31.0 Å². The normalized spacial score (nSPS) is 12.2. The number of hydrogen-bond acceptors (Lipinski definition) is 2. The van der Waals surface area contributed by atoms with Gasteiger partial charge in [-0.3, -0.25) is 4.57 Å². The molecular weight excluding hydrogens is 166 g/mol. The molecular formula is C8H11N5. The van der Waals surface area contributed by atoms with Crippen LogP contribution in [0, 0.1) is 6.92 Å². The van der Waals surface area contributed by atoms with Crippen LogP contribution in [0.5, 0.6) is 0 Å². The third-order valence-electron chi connectivity index (χ3n) is 1.44. The number of nitrogens with two attached hydrogens (primary N) is 1. The lowest BCUT2D eigenvalue weighted by Gasteiger charge is -2.01. The van der Waals surface area contributed by atoms with Crippen LogP contribution >= 0.6 is 0 Å². The van der Waals surface area contributed by atoms with Crippen molar-refractivity contribution in [3.8, 4) is 0 Å². The van der Waals surface area contributed by atoms with Crippen LogP contribution in [-0.2, 0) is 0 Å². The van der Waals surface area contributed by atoms with Crippen LogP contribution in [0.25, 0.3) is 0 Å². The summed E-state index contributed by atoms with van der Waals surface area (Å²) in [6.45, 7) is 5.39. The molecule has 0 atom stereocenters. The predicted molar refractivity (Wildman–Crippen MR) is 52.7 cm³/mol. The van der Waals surface area contributed by atoms with E-state index in [9.17, 15) is 0 Å². The van der Waals surface area contributed by atoms with Gasteiger partial charge in [-0.2, -0.15) is 0 Å². The summed E-state index contributed by atoms with van der Waals surface area (Å²) in [6.07, 6.45) is 5.92. The first-order valence-electron chi connectivity index (χ1n) is 3.72. The van der Waals surface area contributed by atoms with E-state index in [2.05, 4.69) is 21.5 Å². The maximum Gasteiger partial charge on any atom is 0.236 e. The minimum absolute atomic E-state index is 0.451. The van der Waals surface area contributed by atoms with Gasteiger partial charge >= 0.3 is 0 Å². The molecule has 0 saturated heterocycles. The average molecular weight is 177 g/mol. The smallest absolute Gasteiger partial charge is 0.236 e. The molecule has 0 aromatic carbocycles. The number of rotatable bonds is 1. The lowest BCUT2D eigenvalue weighted by molar-refractivity contribution is 1.05. The largest absolute Gasteiger partial charge is 0.390 e. The minimum Gasteiger partial charge on any atom is -0.390 e. The first kappa shape index (κ1) is 9.18. The number of aromatic nitrogens is 2. The van der Waals surface area contributed by atoms with Crippen LogP contribution in [0.1, 0.15) is 5.69 Å². The molecule has 1 aromatic rings. The Kier molecular flexibility index (Phi) is 2.97. The molecule has 68 valence electrons. The fourth-order valence-electron chi connectivity index (χ4n) is 0.877. The Bertz CT molecular complexity index is 347. The van der Waals surface area contributed by atoms with Gasteiger partial charge in [0.15, 0.2) is 0 Å². The molecule has 0 amide bonds. The Morgan fingerprint density at radius 2 is 2.54 bits per heavy atom. The average Bonchev–Trinajstić information content (AvgIpc) is 2.51. The van der Waals surface area contributed by atoms with E-state index in [0.29, 0.717) is 5.96 Å². The lowest BCUT2D eigenvalue weighted by Crippen LogP contribution is -2.11. The van der Waals surface area contributed by atoms with E-state index in [0.717, 1.165) is 5.69 Å². The zero-order valence-corrected chi connectivity index (χ0v) is 7.38. The molecule has 5 heteroatoms. The van der Waals surface area contributed by atoms with Crippen LogP contribution in [0.15, 0.2) is 35.3 Å². The molecule has 0 spiro atoms. The van der Waals surface area contributed by atoms with Gasteiger partial charge in [-0.05, 0) is 6.92 Å². The van der Waals surface area contributed by atoms with E-state index in [1.165, 1.54) is 12.5 Å². The molecule has 0 aliphatic carbocycles. The van der Waals surface area contributed by atoms with Crippen molar-refractivity contribution in [2.75, 3.05) is 0 Å². The number of nitrogens with zero attached hydrogens (tertiary/aromatic N) is 4. The van der Waals surface area contributed by atoms with Crippen molar-refractivity contribution in [1.29, 1.82) is 0 Å². The van der Waals surface area contributed by atoms with Gasteiger partial charge in [0, 0.05) is 18.1 Å². The highest BCUT2D eigenvalue weighted by Gasteiger charge is 2.01. The monoisotopic (exact) mass is 177 g/mol. The van der Waals surface area contributed by atoms with Crippen LogP contribution in [-0.4, -0.2) is 21.8 Å². The summed E-state index contributed by atoms with van der Waals surface area (Å²) in [6, 6.07) is 0. The summed E-state index contributed by atoms with van der Waals surface area (Å²) >= 11 is 0. The van der Waals surface area contributed by atoms with Crippen LogP contribution < -0.4 is 5.73 Å². The standard InChI is InChI=1S/C8H11N5/c1-3-11-8(12-5-9)13-6-10-4-7(13)2/h3-6H,1H2,2H3,(H2,9,11,12). The fraction of sp³-hybridized carbons (Fsp3) is 0.125. The maximum absolute atomic E-state index is 5.18. The molecule has 0 bridgehead atoms. The summed E-state index contributed by atoms with van der Waals surface area (Å²) in [5.41, 5.74) is 6.11. The molecule has 1 aromatic heterocycles.